The zero-order chi connectivity index (χ0) is 11.8. The van der Waals surface area contributed by atoms with Crippen molar-refractivity contribution in [3.05, 3.63) is 0 Å². The number of nitrogens with one attached hydrogen (secondary N) is 2. The Morgan fingerprint density at radius 3 is 2.38 bits per heavy atom. The molecule has 0 aromatic rings. The third-order valence-electron chi connectivity index (χ3n) is 3.08. The van der Waals surface area contributed by atoms with Gasteiger partial charge in [0.15, 0.2) is 0 Å². The van der Waals surface area contributed by atoms with E-state index in [1.54, 1.807) is 0 Å². The van der Waals surface area contributed by atoms with Gasteiger partial charge in [-0.25, -0.2) is 0 Å². The number of carbonyl (C=O) groups excluding carboxylic acids is 2. The minimum Gasteiger partial charge on any atom is -0.355 e. The van der Waals surface area contributed by atoms with Crippen molar-refractivity contribution in [3.8, 4) is 0 Å². The largest absolute Gasteiger partial charge is 0.355 e. The molecule has 4 heteroatoms. The molecule has 0 saturated heterocycles. The Kier molecular flexibility index (Phi) is 5.90. The van der Waals surface area contributed by atoms with Crippen LogP contribution >= 0.6 is 0 Å². The lowest BCUT2D eigenvalue weighted by Crippen LogP contribution is -2.33. The molecule has 16 heavy (non-hydrogen) atoms. The van der Waals surface area contributed by atoms with Gasteiger partial charge in [0, 0.05) is 26.4 Å². The molecule has 0 atom stereocenters. The summed E-state index contributed by atoms with van der Waals surface area (Å²) in [5, 5.41) is 5.45. The fraction of sp³-hybridized carbons (Fsp3) is 0.833. The van der Waals surface area contributed by atoms with Crippen LogP contribution < -0.4 is 10.6 Å². The minimum absolute atomic E-state index is 0.0554. The van der Waals surface area contributed by atoms with E-state index in [2.05, 4.69) is 10.6 Å². The molecule has 92 valence electrons. The number of hydrogen-bond acceptors (Lipinski definition) is 2. The van der Waals surface area contributed by atoms with Gasteiger partial charge >= 0.3 is 0 Å². The molecule has 1 aliphatic rings. The lowest BCUT2D eigenvalue weighted by molar-refractivity contribution is -0.122. The van der Waals surface area contributed by atoms with Crippen molar-refractivity contribution < 1.29 is 9.59 Å². The van der Waals surface area contributed by atoms with Crippen molar-refractivity contribution in [2.45, 2.75) is 45.4 Å². The lowest BCUT2D eigenvalue weighted by Gasteiger charge is -2.09. The first-order valence-electron chi connectivity index (χ1n) is 6.19. The number of rotatable bonds is 6. The van der Waals surface area contributed by atoms with Crippen molar-refractivity contribution in [1.82, 2.24) is 10.6 Å². The Bertz CT molecular complexity index is 235. The molecule has 1 rings (SSSR count). The van der Waals surface area contributed by atoms with Crippen LogP contribution in [0.3, 0.4) is 0 Å². The zero-order valence-electron chi connectivity index (χ0n) is 10.1. The molecule has 4 nitrogen and oxygen atoms in total. The van der Waals surface area contributed by atoms with Gasteiger partial charge in [0.25, 0.3) is 0 Å². The van der Waals surface area contributed by atoms with Crippen LogP contribution in [0.2, 0.25) is 0 Å². The van der Waals surface area contributed by atoms with Crippen LogP contribution in [0.1, 0.15) is 45.4 Å². The normalized spacial score (nSPS) is 16.1. The summed E-state index contributed by atoms with van der Waals surface area (Å²) in [6.07, 6.45) is 6.89. The van der Waals surface area contributed by atoms with Crippen molar-refractivity contribution >= 4 is 11.8 Å². The molecule has 0 radical (unpaired) electrons. The lowest BCUT2D eigenvalue weighted by atomic mass is 10.0. The summed E-state index contributed by atoms with van der Waals surface area (Å²) in [5.41, 5.74) is 0. The highest BCUT2D eigenvalue weighted by molar-refractivity contribution is 5.76. The van der Waals surface area contributed by atoms with Gasteiger partial charge in [0.05, 0.1) is 0 Å². The zero-order valence-corrected chi connectivity index (χ0v) is 10.1. The Morgan fingerprint density at radius 1 is 1.12 bits per heavy atom. The molecule has 0 bridgehead atoms. The summed E-state index contributed by atoms with van der Waals surface area (Å²) in [4.78, 5) is 22.0. The number of carbonyl (C=O) groups is 2. The van der Waals surface area contributed by atoms with Gasteiger partial charge in [-0.2, -0.15) is 0 Å². The van der Waals surface area contributed by atoms with E-state index in [9.17, 15) is 9.59 Å². The summed E-state index contributed by atoms with van der Waals surface area (Å²) in [7, 11) is 0. The topological polar surface area (TPSA) is 58.2 Å². The molecule has 2 amide bonds. The van der Waals surface area contributed by atoms with E-state index in [0.717, 1.165) is 12.3 Å². The molecule has 0 aromatic carbocycles. The van der Waals surface area contributed by atoms with E-state index in [0.29, 0.717) is 19.5 Å². The van der Waals surface area contributed by atoms with Crippen LogP contribution in [0.25, 0.3) is 0 Å². The van der Waals surface area contributed by atoms with Crippen LogP contribution in [-0.2, 0) is 9.59 Å². The molecule has 0 aromatic heterocycles. The highest BCUT2D eigenvalue weighted by Gasteiger charge is 2.15. The molecule has 1 saturated carbocycles. The quantitative estimate of drug-likeness (QED) is 0.669. The van der Waals surface area contributed by atoms with E-state index >= 15 is 0 Å². The molecular formula is C12H22N2O2. The van der Waals surface area contributed by atoms with Crippen LogP contribution in [0.15, 0.2) is 0 Å². The van der Waals surface area contributed by atoms with Gasteiger partial charge in [0.2, 0.25) is 11.8 Å². The Labute approximate surface area is 97.2 Å². The highest BCUT2D eigenvalue weighted by Crippen LogP contribution is 2.28. The summed E-state index contributed by atoms with van der Waals surface area (Å²) >= 11 is 0. The predicted octanol–water partition coefficient (Wildman–Crippen LogP) is 1.21. The van der Waals surface area contributed by atoms with Gasteiger partial charge in [-0.15, -0.1) is 0 Å². The molecule has 0 spiro atoms. The second kappa shape index (κ2) is 7.25. The number of amides is 2. The fourth-order valence-electron chi connectivity index (χ4n) is 2.16. The van der Waals surface area contributed by atoms with Gasteiger partial charge in [-0.05, 0) is 12.3 Å². The van der Waals surface area contributed by atoms with Gasteiger partial charge in [0.1, 0.15) is 0 Å². The van der Waals surface area contributed by atoms with Crippen molar-refractivity contribution in [3.63, 3.8) is 0 Å². The average molecular weight is 226 g/mol. The fourth-order valence-corrected chi connectivity index (χ4v) is 2.16. The monoisotopic (exact) mass is 226 g/mol. The summed E-state index contributed by atoms with van der Waals surface area (Å²) < 4.78 is 0. The number of hydrogen-bond donors (Lipinski definition) is 2. The van der Waals surface area contributed by atoms with Gasteiger partial charge in [-0.1, -0.05) is 25.7 Å². The minimum atomic E-state index is -0.0554. The van der Waals surface area contributed by atoms with Gasteiger partial charge < -0.3 is 10.6 Å². The third kappa shape index (κ3) is 5.73. The van der Waals surface area contributed by atoms with Crippen LogP contribution in [0, 0.1) is 5.92 Å². The summed E-state index contributed by atoms with van der Waals surface area (Å²) in [5.74, 6) is 0.818. The van der Waals surface area contributed by atoms with E-state index in [1.165, 1.54) is 32.6 Å². The maximum Gasteiger partial charge on any atom is 0.220 e. The molecule has 0 aliphatic heterocycles. The standard InChI is InChI=1S/C12H22N2O2/c1-10(15)13-8-9-14-12(16)7-6-11-4-2-3-5-11/h11H,2-9H2,1H3,(H,13,15)(H,14,16). The molecule has 1 aliphatic carbocycles. The van der Waals surface area contributed by atoms with Crippen molar-refractivity contribution in [2.24, 2.45) is 5.92 Å². The Morgan fingerprint density at radius 2 is 1.75 bits per heavy atom. The van der Waals surface area contributed by atoms with Crippen LogP contribution in [-0.4, -0.2) is 24.9 Å². The summed E-state index contributed by atoms with van der Waals surface area (Å²) in [6.45, 7) is 2.52. The van der Waals surface area contributed by atoms with E-state index in [1.807, 2.05) is 0 Å². The molecule has 0 unspecified atom stereocenters. The first-order chi connectivity index (χ1) is 7.68. The SMILES string of the molecule is CC(=O)NCCNC(=O)CCC1CCCC1. The maximum atomic E-state index is 11.4. The molecular weight excluding hydrogens is 204 g/mol. The van der Waals surface area contributed by atoms with Crippen molar-refractivity contribution in [2.75, 3.05) is 13.1 Å². The second-order valence-corrected chi connectivity index (χ2v) is 4.52. The average Bonchev–Trinajstić information content (AvgIpc) is 2.74. The van der Waals surface area contributed by atoms with E-state index in [4.69, 9.17) is 0 Å². The van der Waals surface area contributed by atoms with Gasteiger partial charge in [-0.3, -0.25) is 9.59 Å². The van der Waals surface area contributed by atoms with Crippen LogP contribution in [0.4, 0.5) is 0 Å². The molecule has 1 fully saturated rings. The molecule has 2 N–H and O–H groups in total. The molecule has 0 heterocycles. The predicted molar refractivity (Wildman–Crippen MR) is 62.9 cm³/mol. The first kappa shape index (κ1) is 13.0. The maximum absolute atomic E-state index is 11.4. The van der Waals surface area contributed by atoms with E-state index < -0.39 is 0 Å². The second-order valence-electron chi connectivity index (χ2n) is 4.52. The Balaban J connectivity index is 1.95. The van der Waals surface area contributed by atoms with Crippen molar-refractivity contribution in [1.29, 1.82) is 0 Å². The van der Waals surface area contributed by atoms with E-state index in [-0.39, 0.29) is 11.8 Å². The smallest absolute Gasteiger partial charge is 0.220 e. The third-order valence-corrected chi connectivity index (χ3v) is 3.08. The first-order valence-corrected chi connectivity index (χ1v) is 6.19. The highest BCUT2D eigenvalue weighted by atomic mass is 16.2. The summed E-state index contributed by atoms with van der Waals surface area (Å²) in [6, 6.07) is 0. The van der Waals surface area contributed by atoms with Crippen LogP contribution in [0.5, 0.6) is 0 Å². The Hall–Kier alpha value is -1.06.